The van der Waals surface area contributed by atoms with Crippen LogP contribution in [-0.2, 0) is 103 Å². The molecule has 5 aliphatic heterocycles. The number of carbonyl (C=O) groups excluding carboxylic acids is 8. The van der Waals surface area contributed by atoms with Crippen LogP contribution in [-0.4, -0.2) is 313 Å². The van der Waals surface area contributed by atoms with E-state index in [2.05, 4.69) is 107 Å². The molecule has 5 aromatic heterocycles. The SMILES string of the molecule is CC[C@]1(O)C[C@@H]2CN(CCc3c([nH]c4ccccc34)[C@@](C(=O)OC)(c3cc4c(cc3OC)N(C)[C@H]3[C@@](O)(C(=O)CC[Si](C)(C)O[Si](C)(C)CSc5ncc(Cn6cc(C[C@H](CC(=O)[C@H](CC(=O)O)NC(=O)[C@H](CC(=O)O)CC(=O)[C@H](CCCNC(=N)N)NC(=O)[C@H](CC(=O)O)CC(=O)CC[C@H](NC(=O)c7ccc(NCc8cnc9nc(N)[nH]c(=O)c9n8)cc7)C(=O)O)C(=O)O)nn6)cn5)[C@H](O)[C@]5(CC)C=CCN6CC[C@]43[C@@H]65)C2)C1. The molecule has 49 heteroatoms. The zero-order valence-corrected chi connectivity index (χ0v) is 87.1. The summed E-state index contributed by atoms with van der Waals surface area (Å²) >= 11 is 1.37. The number of H-pyrrole nitrogens is 2. The summed E-state index contributed by atoms with van der Waals surface area (Å²) in [5.41, 5.74) is 9.41. The number of nitrogens with one attached hydrogen (secondary N) is 8. The van der Waals surface area contributed by atoms with Crippen molar-refractivity contribution in [1.82, 2.24) is 80.9 Å². The Bertz CT molecular complexity index is 6570. The van der Waals surface area contributed by atoms with Gasteiger partial charge in [0.2, 0.25) is 17.8 Å². The molecule has 3 aromatic carbocycles. The number of piperidine rings is 1. The van der Waals surface area contributed by atoms with Gasteiger partial charge in [-0.2, -0.15) is 4.98 Å². The molecule has 3 amide bonds. The molecule has 20 N–H and O–H groups in total. The van der Waals surface area contributed by atoms with Crippen molar-refractivity contribution in [3.05, 3.63) is 153 Å². The molecule has 1 unspecified atom stereocenters. The molecule has 46 nitrogen and oxygen atoms in total. The number of ketones is 4. The Hall–Kier alpha value is -13.7. The van der Waals surface area contributed by atoms with Crippen molar-refractivity contribution in [2.75, 3.05) is 81.9 Å². The molecule has 798 valence electrons. The van der Waals surface area contributed by atoms with Crippen LogP contribution < -0.4 is 53.2 Å². The standard InChI is InChI=1S/C100H129N21O25SSi2/c1-10-96(142)43-54-44-99(92(141)145-5,81-65(25-31-119(49-54)52-96)64-16-12-13-17-68(64)110-81)67-40-66-72(42-75(67)144-4)118(3)90-98(66)28-32-120-30-15-27-97(11-2,89(98)120)91(140)100(90,143)76(125)26-33-148(6,7)146-149(8,9)53-147-95-107-45-55(46-108-95)50-121-51-61(116-117-121)34-59(87(136)137)37-74(124)71(41-79(130)131)113-85(134)58(39-78(128)129)36-73(123)69(18-14-29-104-93(101)102)111-84(133)57(38-77(126)127)35-63(122)23-24-70(88(138)139)112-83(132)56-19-21-60(22-20-56)105-47-62-48-106-82-80(109-62)86(135)115-94(103)114-82/h12-13,15-17,19-22,27,40,42,45-46,48,51,54,57-59,69-71,89-91,105,110,140,142-143H,10-11,14,18,23-26,28-39,41,43-44,47,49-50,52-53H2,1-9H3,(H,111,133)(H,112,132)(H,113,134)(H,126,127)(H,128,129)(H,130,131)(H,136,137)(H,138,139)(H4,101,102,104)(H3,103,106,114,115,135)/t54-,57-,58-,59+,69-,70-,71-,89-,90+,91+,96-,97+,98+,99-,100-/m0/s1. The molecule has 2 bridgehead atoms. The minimum absolute atomic E-state index is 0.00242. The molecular formula is C100H129N21O25SSi2. The number of benzene rings is 3. The van der Waals surface area contributed by atoms with Gasteiger partial charge in [-0.25, -0.2) is 29.4 Å². The van der Waals surface area contributed by atoms with Gasteiger partial charge in [0.15, 0.2) is 61.9 Å². The number of fused-ring (bicyclic) bond motifs is 7. The number of hydrogen-bond acceptors (Lipinski definition) is 34. The maximum absolute atomic E-state index is 16.0. The Morgan fingerprint density at radius 1 is 0.732 bits per heavy atom. The van der Waals surface area contributed by atoms with Crippen LogP contribution in [0.2, 0.25) is 32.2 Å². The Morgan fingerprint density at radius 2 is 1.42 bits per heavy atom. The molecule has 1 spiro atoms. The van der Waals surface area contributed by atoms with E-state index in [9.17, 15) is 98.4 Å². The number of nitrogens with zero attached hydrogens (tertiary/aromatic N) is 11. The highest BCUT2D eigenvalue weighted by Gasteiger charge is 2.78. The number of anilines is 3. The van der Waals surface area contributed by atoms with E-state index in [1.807, 2.05) is 75.3 Å². The summed E-state index contributed by atoms with van der Waals surface area (Å²) in [6, 6.07) is 11.3. The number of aliphatic hydroxyl groups is 3. The Balaban J connectivity index is 0.582. The molecule has 2 saturated heterocycles. The average molecular weight is 2110 g/mol. The fraction of sp³-hybridized carbons (Fsp3) is 0.520. The smallest absolute Gasteiger partial charge is 0.326 e. The fourth-order valence-electron chi connectivity index (χ4n) is 23.2. The maximum Gasteiger partial charge on any atom is 0.326 e. The Morgan fingerprint density at radius 3 is 2.08 bits per heavy atom. The normalized spacial score (nSPS) is 23.0. The second-order valence-electron chi connectivity index (χ2n) is 41.2. The summed E-state index contributed by atoms with van der Waals surface area (Å²) < 4.78 is 21.1. The van der Waals surface area contributed by atoms with Gasteiger partial charge in [-0.1, -0.05) is 61.2 Å². The van der Waals surface area contributed by atoms with Gasteiger partial charge in [-0.3, -0.25) is 82.5 Å². The molecule has 3 fully saturated rings. The molecule has 1 saturated carbocycles. The number of aliphatic hydroxyl groups excluding tert-OH is 1. The van der Waals surface area contributed by atoms with E-state index >= 15 is 9.59 Å². The molecule has 16 atom stereocenters. The first-order valence-electron chi connectivity index (χ1n) is 49.6. The zero-order chi connectivity index (χ0) is 108. The number of hydrogen-bond donors (Lipinski definition) is 18. The number of Topliss-reactive ketones (excluding diaryl/α,β-unsaturated/α-hetero) is 4. The van der Waals surface area contributed by atoms with E-state index in [0.717, 1.165) is 22.0 Å². The number of guanidine groups is 1. The number of aliphatic carboxylic acids is 5. The summed E-state index contributed by atoms with van der Waals surface area (Å²) in [6.07, 6.45) is 2.78. The lowest BCUT2D eigenvalue weighted by molar-refractivity contribution is -0.201. The number of methoxy groups -OCH3 is 2. The van der Waals surface area contributed by atoms with E-state index < -0.39 is 244 Å². The third kappa shape index (κ3) is 24.3. The van der Waals surface area contributed by atoms with E-state index in [1.165, 1.54) is 60.2 Å². The summed E-state index contributed by atoms with van der Waals surface area (Å²) in [7, 11) is -0.645. The largest absolute Gasteiger partial charge is 0.496 e. The van der Waals surface area contributed by atoms with Gasteiger partial charge in [0, 0.05) is 170 Å². The highest BCUT2D eigenvalue weighted by atomic mass is 32.2. The number of thioether (sulfide) groups is 1. The predicted molar refractivity (Wildman–Crippen MR) is 546 cm³/mol. The van der Waals surface area contributed by atoms with Crippen molar-refractivity contribution >= 4 is 150 Å². The van der Waals surface area contributed by atoms with Crippen LogP contribution in [0, 0.1) is 34.5 Å². The van der Waals surface area contributed by atoms with Crippen molar-refractivity contribution in [1.29, 1.82) is 5.41 Å². The second-order valence-corrected chi connectivity index (χ2v) is 51.3. The minimum Gasteiger partial charge on any atom is -0.496 e. The highest BCUT2D eigenvalue weighted by Crippen LogP contribution is 2.68. The number of para-hydroxylation sites is 1. The van der Waals surface area contributed by atoms with Gasteiger partial charge in [-0.15, -0.1) is 5.10 Å². The van der Waals surface area contributed by atoms with E-state index in [0.29, 0.717) is 121 Å². The third-order valence-corrected chi connectivity index (χ3v) is 39.6. The minimum atomic E-state index is -2.84. The number of esters is 1. The van der Waals surface area contributed by atoms with Crippen LogP contribution in [0.5, 0.6) is 5.75 Å². The lowest BCUT2D eigenvalue weighted by atomic mass is 9.47. The predicted octanol–water partition coefficient (Wildman–Crippen LogP) is 4.29. The van der Waals surface area contributed by atoms with Crippen molar-refractivity contribution < 1.29 is 117 Å². The fourth-order valence-corrected chi connectivity index (χ4v) is 33.3. The third-order valence-electron chi connectivity index (χ3n) is 29.9. The molecule has 14 rings (SSSR count). The number of carbonyl (C=O) groups is 13. The van der Waals surface area contributed by atoms with E-state index in [4.69, 9.17) is 30.5 Å². The summed E-state index contributed by atoms with van der Waals surface area (Å²) in [6.45, 7) is 15.1. The highest BCUT2D eigenvalue weighted by molar-refractivity contribution is 8.00. The van der Waals surface area contributed by atoms with Gasteiger partial charge < -0.3 is 102 Å². The monoisotopic (exact) mass is 2110 g/mol. The number of likely N-dealkylation sites (N-methyl/N-ethyl adjacent to an activating group) is 1. The van der Waals surface area contributed by atoms with E-state index in [-0.39, 0.29) is 79.6 Å². The molecule has 149 heavy (non-hydrogen) atoms. The first kappa shape index (κ1) is 111. The number of nitrogens with two attached hydrogens (primary N) is 2. The number of nitrogen functional groups attached to an aromatic ring is 1. The van der Waals surface area contributed by atoms with Crippen molar-refractivity contribution in [3.63, 3.8) is 0 Å². The number of amides is 3. The summed E-state index contributed by atoms with van der Waals surface area (Å²) in [5.74, 6) is -21.2. The van der Waals surface area contributed by atoms with Gasteiger partial charge in [-0.05, 0) is 150 Å². The lowest BCUT2D eigenvalue weighted by Gasteiger charge is -2.63. The van der Waals surface area contributed by atoms with Crippen molar-refractivity contribution in [2.24, 2.45) is 34.8 Å². The van der Waals surface area contributed by atoms with E-state index in [1.54, 1.807) is 19.5 Å². The van der Waals surface area contributed by atoms with Crippen LogP contribution in [0.15, 0.2) is 108 Å². The second kappa shape index (κ2) is 45.8. The van der Waals surface area contributed by atoms with Crippen molar-refractivity contribution in [2.45, 2.75) is 238 Å². The van der Waals surface area contributed by atoms with Crippen LogP contribution in [0.4, 0.5) is 17.3 Å². The van der Waals surface area contributed by atoms with Gasteiger partial charge >= 0.3 is 35.8 Å². The molecular weight excluding hydrogens is 1980 g/mol. The number of carboxylic acids is 5. The number of ether oxygens (including phenoxy) is 2. The molecule has 8 aromatic rings. The number of aromatic amines is 2. The van der Waals surface area contributed by atoms with Gasteiger partial charge in [0.1, 0.15) is 29.1 Å². The zero-order valence-electron chi connectivity index (χ0n) is 84.3. The topological polar surface area (TPSA) is 701 Å². The molecule has 0 radical (unpaired) electrons. The first-order valence-corrected chi connectivity index (χ1v) is 56.8. The number of carboxylic acid groups (broad SMARTS) is 5. The lowest BCUT2D eigenvalue weighted by Crippen LogP contribution is -2.80. The van der Waals surface area contributed by atoms with Gasteiger partial charge in [0.05, 0.1) is 106 Å². The molecule has 10 heterocycles. The molecule has 1 aliphatic carbocycles. The Kier molecular flexibility index (Phi) is 34.1. The maximum atomic E-state index is 16.0. The van der Waals surface area contributed by atoms with Gasteiger partial charge in [0.25, 0.3) is 11.5 Å². The van der Waals surface area contributed by atoms with Crippen molar-refractivity contribution in [3.8, 4) is 5.75 Å². The number of aromatic nitrogens is 10. The van der Waals surface area contributed by atoms with Crippen LogP contribution in [0.3, 0.4) is 0 Å². The summed E-state index contributed by atoms with van der Waals surface area (Å²) in [4.78, 5) is 224. The Labute approximate surface area is 862 Å². The average Bonchev–Trinajstić information content (AvgIpc) is 1.48. The first-order chi connectivity index (χ1) is 70.6. The summed E-state index contributed by atoms with van der Waals surface area (Å²) in [5, 5.41) is 120. The molecule has 6 aliphatic rings. The van der Waals surface area contributed by atoms with Crippen LogP contribution >= 0.6 is 11.8 Å². The quantitative estimate of drug-likeness (QED) is 0.00369. The number of rotatable bonds is 50. The van der Waals surface area contributed by atoms with Crippen LogP contribution in [0.25, 0.3) is 22.1 Å². The van der Waals surface area contributed by atoms with Crippen LogP contribution in [0.1, 0.15) is 166 Å².